The Labute approximate surface area is 140 Å². The van der Waals surface area contributed by atoms with Crippen molar-refractivity contribution in [3.63, 3.8) is 0 Å². The van der Waals surface area contributed by atoms with E-state index >= 15 is 0 Å². The summed E-state index contributed by atoms with van der Waals surface area (Å²) in [4.78, 5) is 35.1. The number of amides is 1. The van der Waals surface area contributed by atoms with Crippen LogP contribution >= 0.6 is 0 Å². The summed E-state index contributed by atoms with van der Waals surface area (Å²) >= 11 is 0. The lowest BCUT2D eigenvalue weighted by Crippen LogP contribution is -2.35. The van der Waals surface area contributed by atoms with Crippen LogP contribution in [0.3, 0.4) is 0 Å². The number of hydrogen-bond acceptors (Lipinski definition) is 5. The molecular formula is C16H14N4O5. The quantitative estimate of drug-likeness (QED) is 0.543. The molecule has 4 N–H and O–H groups in total. The summed E-state index contributed by atoms with van der Waals surface area (Å²) in [6.07, 6.45) is 3.31. The maximum Gasteiger partial charge on any atom is 0.322 e. The van der Waals surface area contributed by atoms with Gasteiger partial charge in [-0.2, -0.15) is 5.10 Å². The van der Waals surface area contributed by atoms with Crippen LogP contribution in [0.25, 0.3) is 22.0 Å². The Morgan fingerprint density at radius 3 is 2.72 bits per heavy atom. The van der Waals surface area contributed by atoms with E-state index in [0.29, 0.717) is 10.9 Å². The highest BCUT2D eigenvalue weighted by Gasteiger charge is 2.21. The lowest BCUT2D eigenvalue weighted by molar-refractivity contribution is -0.135. The molecule has 0 radical (unpaired) electrons. The smallest absolute Gasteiger partial charge is 0.322 e. The Hall–Kier alpha value is -3.62. The van der Waals surface area contributed by atoms with Gasteiger partial charge in [-0.15, -0.1) is 0 Å². The highest BCUT2D eigenvalue weighted by atomic mass is 16.4. The molecule has 25 heavy (non-hydrogen) atoms. The van der Waals surface area contributed by atoms with Crippen molar-refractivity contribution in [2.45, 2.75) is 0 Å². The molecule has 0 fully saturated rings. The van der Waals surface area contributed by atoms with Crippen molar-refractivity contribution in [3.05, 3.63) is 46.5 Å². The second-order valence-electron chi connectivity index (χ2n) is 5.38. The number of benzene rings is 1. The summed E-state index contributed by atoms with van der Waals surface area (Å²) in [5, 5.41) is 27.9. The minimum atomic E-state index is -1.25. The molecule has 1 aromatic carbocycles. The van der Waals surface area contributed by atoms with E-state index in [4.69, 9.17) is 5.11 Å². The molecule has 2 aromatic heterocycles. The summed E-state index contributed by atoms with van der Waals surface area (Å²) in [5.74, 6) is -2.68. The number of aromatic nitrogens is 3. The van der Waals surface area contributed by atoms with Crippen LogP contribution in [0.5, 0.6) is 5.75 Å². The van der Waals surface area contributed by atoms with E-state index in [-0.39, 0.29) is 0 Å². The van der Waals surface area contributed by atoms with Crippen LogP contribution < -0.4 is 10.9 Å². The fourth-order valence-corrected chi connectivity index (χ4v) is 2.56. The monoisotopic (exact) mass is 342 g/mol. The summed E-state index contributed by atoms with van der Waals surface area (Å²) in [5.41, 5.74) is 0.788. The number of carbonyl (C=O) groups excluding carboxylic acids is 1. The van der Waals surface area contributed by atoms with Gasteiger partial charge in [-0.25, -0.2) is 0 Å². The van der Waals surface area contributed by atoms with E-state index in [1.54, 1.807) is 30.6 Å². The zero-order valence-electron chi connectivity index (χ0n) is 13.1. The number of pyridine rings is 1. The normalized spacial score (nSPS) is 10.8. The molecule has 128 valence electrons. The third-order valence-electron chi connectivity index (χ3n) is 3.83. The summed E-state index contributed by atoms with van der Waals surface area (Å²) in [7, 11) is 1.47. The third-order valence-corrected chi connectivity index (χ3v) is 3.83. The molecule has 0 bridgehead atoms. The molecule has 0 saturated heterocycles. The molecule has 0 atom stereocenters. The van der Waals surface area contributed by atoms with Gasteiger partial charge in [0.25, 0.3) is 11.5 Å². The average Bonchev–Trinajstić information content (AvgIpc) is 3.12. The van der Waals surface area contributed by atoms with Crippen molar-refractivity contribution < 1.29 is 19.8 Å². The number of fused-ring (bicyclic) bond motifs is 1. The van der Waals surface area contributed by atoms with E-state index < -0.39 is 35.3 Å². The maximum atomic E-state index is 12.5. The Kier molecular flexibility index (Phi) is 3.97. The van der Waals surface area contributed by atoms with Crippen LogP contribution in [-0.2, 0) is 11.8 Å². The number of aromatic amines is 1. The first-order valence-electron chi connectivity index (χ1n) is 7.25. The van der Waals surface area contributed by atoms with Crippen molar-refractivity contribution in [1.29, 1.82) is 0 Å². The number of aliphatic carboxylic acids is 1. The minimum absolute atomic E-state index is 0.301. The average molecular weight is 342 g/mol. The van der Waals surface area contributed by atoms with Crippen LogP contribution in [0.2, 0.25) is 0 Å². The topological polar surface area (TPSA) is 137 Å². The third kappa shape index (κ3) is 2.82. The fourth-order valence-electron chi connectivity index (χ4n) is 2.56. The maximum absolute atomic E-state index is 12.5. The summed E-state index contributed by atoms with van der Waals surface area (Å²) in [6, 6.07) is 5.00. The highest BCUT2D eigenvalue weighted by molar-refractivity contribution is 6.03. The van der Waals surface area contributed by atoms with Crippen LogP contribution in [-0.4, -0.2) is 43.4 Å². The van der Waals surface area contributed by atoms with Crippen LogP contribution in [0, 0.1) is 0 Å². The van der Waals surface area contributed by atoms with Gasteiger partial charge in [-0.05, 0) is 17.7 Å². The number of carboxylic acid groups (broad SMARTS) is 1. The number of nitrogens with one attached hydrogen (secondary N) is 2. The summed E-state index contributed by atoms with van der Waals surface area (Å²) < 4.78 is 1.23. The van der Waals surface area contributed by atoms with Gasteiger partial charge in [0, 0.05) is 24.2 Å². The second-order valence-corrected chi connectivity index (χ2v) is 5.38. The molecule has 0 saturated carbocycles. The van der Waals surface area contributed by atoms with Crippen molar-refractivity contribution in [1.82, 2.24) is 20.1 Å². The number of nitrogens with zero attached hydrogens (tertiary/aromatic N) is 2. The lowest BCUT2D eigenvalue weighted by atomic mass is 10.0. The van der Waals surface area contributed by atoms with Gasteiger partial charge in [-0.3, -0.25) is 19.5 Å². The van der Waals surface area contributed by atoms with Crippen LogP contribution in [0.4, 0.5) is 0 Å². The molecule has 0 aliphatic carbocycles. The molecular weight excluding hydrogens is 328 g/mol. The van der Waals surface area contributed by atoms with Gasteiger partial charge in [0.1, 0.15) is 17.9 Å². The minimum Gasteiger partial charge on any atom is -0.506 e. The number of rotatable bonds is 4. The zero-order valence-corrected chi connectivity index (χ0v) is 13.1. The van der Waals surface area contributed by atoms with Gasteiger partial charge in [0.2, 0.25) is 0 Å². The lowest BCUT2D eigenvalue weighted by Gasteiger charge is -2.12. The number of aromatic hydroxyl groups is 1. The van der Waals surface area contributed by atoms with Gasteiger partial charge >= 0.3 is 5.97 Å². The van der Waals surface area contributed by atoms with Crippen LogP contribution in [0.1, 0.15) is 10.4 Å². The van der Waals surface area contributed by atoms with E-state index in [1.165, 1.54) is 11.6 Å². The van der Waals surface area contributed by atoms with Crippen molar-refractivity contribution in [2.24, 2.45) is 7.05 Å². The van der Waals surface area contributed by atoms with Crippen LogP contribution in [0.15, 0.2) is 35.4 Å². The first kappa shape index (κ1) is 16.2. The van der Waals surface area contributed by atoms with Gasteiger partial charge < -0.3 is 20.1 Å². The Morgan fingerprint density at radius 1 is 1.32 bits per heavy atom. The molecule has 3 aromatic rings. The number of aryl methyl sites for hydroxylation is 1. The molecule has 1 amide bonds. The van der Waals surface area contributed by atoms with Gasteiger partial charge in [0.05, 0.1) is 11.7 Å². The number of H-pyrrole nitrogens is 1. The second kappa shape index (κ2) is 6.11. The van der Waals surface area contributed by atoms with E-state index in [2.05, 4.69) is 15.5 Å². The fraction of sp³-hybridized carbons (Fsp3) is 0.125. The Morgan fingerprint density at radius 2 is 2.08 bits per heavy atom. The number of carbonyl (C=O) groups is 2. The highest BCUT2D eigenvalue weighted by Crippen LogP contribution is 2.29. The van der Waals surface area contributed by atoms with Gasteiger partial charge in [-0.1, -0.05) is 6.07 Å². The first-order valence-corrected chi connectivity index (χ1v) is 7.25. The molecule has 3 rings (SSSR count). The zero-order chi connectivity index (χ0) is 18.1. The van der Waals surface area contributed by atoms with Crippen molar-refractivity contribution in [2.75, 3.05) is 6.54 Å². The number of hydrogen-bond donors (Lipinski definition) is 4. The van der Waals surface area contributed by atoms with Crippen molar-refractivity contribution in [3.8, 4) is 16.9 Å². The standard InChI is InChI=1S/C16H14N4O5/c1-20-11-4-8(9-5-18-19-6-9)2-3-10(11)14(23)13(16(20)25)15(24)17-7-12(21)22/h2-6,23H,7H2,1H3,(H,17,24)(H,18,19)(H,21,22). The molecule has 0 spiro atoms. The first-order chi connectivity index (χ1) is 11.9. The predicted octanol–water partition coefficient (Wildman–Crippen LogP) is 0.449. The van der Waals surface area contributed by atoms with E-state index in [1.807, 2.05) is 0 Å². The molecule has 9 heteroatoms. The molecule has 0 unspecified atom stereocenters. The van der Waals surface area contributed by atoms with E-state index in [0.717, 1.165) is 11.1 Å². The summed E-state index contributed by atoms with van der Waals surface area (Å²) in [6.45, 7) is -0.654. The van der Waals surface area contributed by atoms with Gasteiger partial charge in [0.15, 0.2) is 0 Å². The Balaban J connectivity index is 2.16. The molecule has 0 aliphatic heterocycles. The molecule has 9 nitrogen and oxygen atoms in total. The SMILES string of the molecule is Cn1c(=O)c(C(=O)NCC(=O)O)c(O)c2ccc(-c3cn[nH]c3)cc21. The van der Waals surface area contributed by atoms with Crippen molar-refractivity contribution >= 4 is 22.8 Å². The molecule has 0 aliphatic rings. The Bertz CT molecular complexity index is 1040. The number of carboxylic acids is 1. The largest absolute Gasteiger partial charge is 0.506 e. The molecule has 2 heterocycles. The predicted molar refractivity (Wildman–Crippen MR) is 88.4 cm³/mol. The van der Waals surface area contributed by atoms with E-state index in [9.17, 15) is 19.5 Å².